The van der Waals surface area contributed by atoms with Gasteiger partial charge in [0.1, 0.15) is 0 Å². The summed E-state index contributed by atoms with van der Waals surface area (Å²) >= 11 is 0. The molecule has 0 aliphatic carbocycles. The number of aromatic nitrogens is 2. The minimum Gasteiger partial charge on any atom is -0.302 e. The lowest BCUT2D eigenvalue weighted by atomic mass is 9.86. The topological polar surface area (TPSA) is 55.2 Å². The van der Waals surface area contributed by atoms with Gasteiger partial charge in [-0.15, -0.1) is 0 Å². The highest BCUT2D eigenvalue weighted by Gasteiger charge is 2.37. The summed E-state index contributed by atoms with van der Waals surface area (Å²) in [6.07, 6.45) is 0. The molecule has 188 valence electrons. The molecule has 0 atom stereocenters. The number of ketones is 1. The van der Waals surface area contributed by atoms with Crippen LogP contribution in [0.4, 0.5) is 5.69 Å². The zero-order valence-electron chi connectivity index (χ0n) is 22.6. The number of fused-ring (bicyclic) bond motifs is 1. The fourth-order valence-corrected chi connectivity index (χ4v) is 5.15. The number of hydrogen-bond donors (Lipinski definition) is 0. The molecule has 0 bridgehead atoms. The van der Waals surface area contributed by atoms with Crippen molar-refractivity contribution in [3.05, 3.63) is 99.7 Å². The molecule has 5 nitrogen and oxygen atoms in total. The van der Waals surface area contributed by atoms with Crippen LogP contribution < -0.4 is 4.90 Å². The standard InChI is InChI=1S/C32H33N3O2/c1-19-11-16-25(32(5,6)7)17-27(19)34-18-26-28(31(34)37)33-35(29-20(2)9-8-10-21(29)3)30(26)24-14-12-23(13-15-24)22(4)36/h8-17H,18H2,1-7H3. The van der Waals surface area contributed by atoms with Crippen LogP contribution in [0.2, 0.25) is 0 Å². The molecule has 0 radical (unpaired) electrons. The van der Waals surface area contributed by atoms with Crippen LogP contribution in [0, 0.1) is 20.8 Å². The number of benzene rings is 3. The smallest absolute Gasteiger partial charge is 0.279 e. The third-order valence-corrected chi connectivity index (χ3v) is 7.33. The van der Waals surface area contributed by atoms with E-state index in [1.807, 2.05) is 46.8 Å². The number of Topliss-reactive ketones (excluding diaryl/α,β-unsaturated/α-hetero) is 1. The van der Waals surface area contributed by atoms with Gasteiger partial charge in [-0.25, -0.2) is 4.68 Å². The van der Waals surface area contributed by atoms with E-state index in [1.54, 1.807) is 6.92 Å². The number of para-hydroxylation sites is 1. The van der Waals surface area contributed by atoms with Crippen LogP contribution in [0.5, 0.6) is 0 Å². The van der Waals surface area contributed by atoms with Gasteiger partial charge in [-0.1, -0.05) is 75.4 Å². The van der Waals surface area contributed by atoms with Crippen LogP contribution in [0.15, 0.2) is 60.7 Å². The predicted molar refractivity (Wildman–Crippen MR) is 149 cm³/mol. The molecule has 0 N–H and O–H groups in total. The number of carbonyl (C=O) groups excluding carboxylic acids is 2. The van der Waals surface area contributed by atoms with Gasteiger partial charge in [-0.05, 0) is 61.4 Å². The molecule has 0 saturated heterocycles. The maximum Gasteiger partial charge on any atom is 0.279 e. The normalized spacial score (nSPS) is 13.3. The lowest BCUT2D eigenvalue weighted by Crippen LogP contribution is -2.26. The average Bonchev–Trinajstić information content (AvgIpc) is 3.35. The molecule has 0 unspecified atom stereocenters. The van der Waals surface area contributed by atoms with E-state index in [-0.39, 0.29) is 17.1 Å². The summed E-state index contributed by atoms with van der Waals surface area (Å²) in [7, 11) is 0. The van der Waals surface area contributed by atoms with Crippen molar-refractivity contribution < 1.29 is 9.59 Å². The zero-order valence-corrected chi connectivity index (χ0v) is 22.6. The monoisotopic (exact) mass is 491 g/mol. The van der Waals surface area contributed by atoms with E-state index in [0.29, 0.717) is 17.8 Å². The van der Waals surface area contributed by atoms with Crippen LogP contribution in [0.25, 0.3) is 16.9 Å². The molecule has 5 heteroatoms. The van der Waals surface area contributed by atoms with Crippen LogP contribution >= 0.6 is 0 Å². The maximum atomic E-state index is 13.9. The molecule has 1 amide bonds. The number of aryl methyl sites for hydroxylation is 3. The summed E-state index contributed by atoms with van der Waals surface area (Å²) in [6.45, 7) is 14.7. The van der Waals surface area contributed by atoms with Gasteiger partial charge in [0.2, 0.25) is 0 Å². The first-order valence-corrected chi connectivity index (χ1v) is 12.7. The van der Waals surface area contributed by atoms with Crippen LogP contribution in [-0.2, 0) is 12.0 Å². The minimum absolute atomic E-state index is 0.0237. The number of anilines is 1. The fourth-order valence-electron chi connectivity index (χ4n) is 5.15. The second kappa shape index (κ2) is 8.84. The molecule has 1 aliphatic heterocycles. The Kier molecular flexibility index (Phi) is 5.90. The molecular formula is C32H33N3O2. The van der Waals surface area contributed by atoms with E-state index >= 15 is 0 Å². The lowest BCUT2D eigenvalue weighted by Gasteiger charge is -2.25. The molecule has 4 aromatic rings. The molecule has 2 heterocycles. The Balaban J connectivity index is 1.69. The van der Waals surface area contributed by atoms with Crippen molar-refractivity contribution in [2.45, 2.75) is 60.4 Å². The first-order valence-electron chi connectivity index (χ1n) is 12.7. The second-order valence-electron chi connectivity index (χ2n) is 11.1. The van der Waals surface area contributed by atoms with Crippen molar-refractivity contribution in [1.82, 2.24) is 9.78 Å². The molecule has 5 rings (SSSR count). The Hall–Kier alpha value is -3.99. The van der Waals surface area contributed by atoms with Crippen molar-refractivity contribution in [3.8, 4) is 16.9 Å². The number of rotatable bonds is 4. The summed E-state index contributed by atoms with van der Waals surface area (Å²) in [5.41, 5.74) is 10.2. The summed E-state index contributed by atoms with van der Waals surface area (Å²) < 4.78 is 1.92. The third kappa shape index (κ3) is 4.18. The SMILES string of the molecule is CC(=O)c1ccc(-c2c3c(nn2-c2c(C)cccc2C)C(=O)N(c2cc(C(C)(C)C)ccc2C)C3)cc1. The molecule has 1 aliphatic rings. The largest absolute Gasteiger partial charge is 0.302 e. The highest BCUT2D eigenvalue weighted by atomic mass is 16.2. The van der Waals surface area contributed by atoms with E-state index in [2.05, 4.69) is 65.0 Å². The van der Waals surface area contributed by atoms with Crippen LogP contribution in [0.3, 0.4) is 0 Å². The maximum absolute atomic E-state index is 13.9. The summed E-state index contributed by atoms with van der Waals surface area (Å²) in [5.74, 6) is -0.0636. The highest BCUT2D eigenvalue weighted by molar-refractivity contribution is 6.10. The predicted octanol–water partition coefficient (Wildman–Crippen LogP) is 7.13. The number of amides is 1. The Morgan fingerprint density at radius 1 is 0.892 bits per heavy atom. The first kappa shape index (κ1) is 24.7. The Morgan fingerprint density at radius 3 is 2.14 bits per heavy atom. The van der Waals surface area contributed by atoms with Gasteiger partial charge >= 0.3 is 0 Å². The quantitative estimate of drug-likeness (QED) is 0.286. The third-order valence-electron chi connectivity index (χ3n) is 7.33. The number of carbonyl (C=O) groups is 2. The van der Waals surface area contributed by atoms with Crippen LogP contribution in [-0.4, -0.2) is 21.5 Å². The van der Waals surface area contributed by atoms with E-state index < -0.39 is 0 Å². The van der Waals surface area contributed by atoms with Crippen molar-refractivity contribution >= 4 is 17.4 Å². The lowest BCUT2D eigenvalue weighted by molar-refractivity contribution is 0.0988. The first-order chi connectivity index (χ1) is 17.5. The van der Waals surface area contributed by atoms with Gasteiger partial charge in [0.15, 0.2) is 11.5 Å². The molecule has 37 heavy (non-hydrogen) atoms. The van der Waals surface area contributed by atoms with Crippen molar-refractivity contribution in [1.29, 1.82) is 0 Å². The van der Waals surface area contributed by atoms with Gasteiger partial charge in [-0.3, -0.25) is 9.59 Å². The van der Waals surface area contributed by atoms with Gasteiger partial charge in [0, 0.05) is 22.4 Å². The van der Waals surface area contributed by atoms with Crippen LogP contribution in [0.1, 0.15) is 76.4 Å². The summed E-state index contributed by atoms with van der Waals surface area (Å²) in [6, 6.07) is 20.1. The van der Waals surface area contributed by atoms with Crippen molar-refractivity contribution in [2.75, 3.05) is 4.90 Å². The number of hydrogen-bond acceptors (Lipinski definition) is 3. The summed E-state index contributed by atoms with van der Waals surface area (Å²) in [5, 5.41) is 4.93. The molecule has 0 spiro atoms. The van der Waals surface area contributed by atoms with E-state index in [9.17, 15) is 9.59 Å². The minimum atomic E-state index is -0.0873. The van der Waals surface area contributed by atoms with E-state index in [1.165, 1.54) is 5.56 Å². The van der Waals surface area contributed by atoms with Crippen molar-refractivity contribution in [2.24, 2.45) is 0 Å². The molecule has 0 fully saturated rings. The highest BCUT2D eigenvalue weighted by Crippen LogP contribution is 2.39. The Labute approximate surface area is 218 Å². The van der Waals surface area contributed by atoms with Gasteiger partial charge in [-0.2, -0.15) is 5.10 Å². The molecule has 3 aromatic carbocycles. The zero-order chi connectivity index (χ0) is 26.6. The molecule has 0 saturated carbocycles. The molecule has 1 aromatic heterocycles. The van der Waals surface area contributed by atoms with Crippen molar-refractivity contribution in [3.63, 3.8) is 0 Å². The van der Waals surface area contributed by atoms with E-state index in [0.717, 1.165) is 44.9 Å². The fraction of sp³-hybridized carbons (Fsp3) is 0.281. The van der Waals surface area contributed by atoms with E-state index in [4.69, 9.17) is 5.10 Å². The molecular weight excluding hydrogens is 458 g/mol. The Bertz CT molecular complexity index is 1530. The Morgan fingerprint density at radius 2 is 1.54 bits per heavy atom. The van der Waals surface area contributed by atoms with Gasteiger partial charge in [0.05, 0.1) is 17.9 Å². The van der Waals surface area contributed by atoms with Gasteiger partial charge < -0.3 is 4.90 Å². The summed E-state index contributed by atoms with van der Waals surface area (Å²) in [4.78, 5) is 27.6. The number of nitrogens with zero attached hydrogens (tertiary/aromatic N) is 3. The van der Waals surface area contributed by atoms with Gasteiger partial charge in [0.25, 0.3) is 5.91 Å². The average molecular weight is 492 g/mol. The second-order valence-corrected chi connectivity index (χ2v) is 11.1.